The Morgan fingerprint density at radius 1 is 1.06 bits per heavy atom. The number of fused-ring (bicyclic) bond motifs is 1. The number of ketones is 1. The van der Waals surface area contributed by atoms with Gasteiger partial charge in [-0.15, -0.1) is 0 Å². The molecule has 0 saturated carbocycles. The van der Waals surface area contributed by atoms with Gasteiger partial charge in [0.2, 0.25) is 0 Å². The molecule has 3 aromatic carbocycles. The van der Waals surface area contributed by atoms with E-state index >= 15 is 0 Å². The lowest BCUT2D eigenvalue weighted by Crippen LogP contribution is -2.32. The highest BCUT2D eigenvalue weighted by molar-refractivity contribution is 6.46. The number of hydrogen-bond acceptors (Lipinski definition) is 6. The summed E-state index contributed by atoms with van der Waals surface area (Å²) < 4.78 is 5.15. The monoisotopic (exact) mass is 460 g/mol. The van der Waals surface area contributed by atoms with E-state index in [0.29, 0.717) is 24.1 Å². The Hall–Kier alpha value is -3.84. The number of methoxy groups -OCH3 is 1. The van der Waals surface area contributed by atoms with Crippen LogP contribution in [0.5, 0.6) is 11.5 Å². The molecule has 2 N–H and O–H groups in total. The van der Waals surface area contributed by atoms with Crippen LogP contribution in [0.1, 0.15) is 23.6 Å². The molecule has 0 radical (unpaired) electrons. The number of carbonyl (C=O) groups is 2. The minimum absolute atomic E-state index is 0.00997. The first-order chi connectivity index (χ1) is 16.3. The van der Waals surface area contributed by atoms with E-state index in [1.807, 2.05) is 49.3 Å². The number of carbonyl (C=O) groups excluding carboxylic acids is 2. The van der Waals surface area contributed by atoms with E-state index in [4.69, 9.17) is 4.74 Å². The van der Waals surface area contributed by atoms with Gasteiger partial charge >= 0.3 is 0 Å². The molecule has 1 heterocycles. The Bertz CT molecular complexity index is 1280. The minimum Gasteiger partial charge on any atom is -0.507 e. The quantitative estimate of drug-likeness (QED) is 0.316. The molecule has 1 amide bonds. The van der Waals surface area contributed by atoms with Gasteiger partial charge in [0, 0.05) is 12.1 Å². The number of phenolic OH excluding ortho intramolecular Hbond substituents is 1. The summed E-state index contributed by atoms with van der Waals surface area (Å²) in [6.07, 6.45) is 0.646. The fourth-order valence-electron chi connectivity index (χ4n) is 4.47. The molecule has 1 aliphatic heterocycles. The second-order valence-corrected chi connectivity index (χ2v) is 8.61. The zero-order valence-electron chi connectivity index (χ0n) is 19.5. The van der Waals surface area contributed by atoms with E-state index in [1.54, 1.807) is 24.3 Å². The third kappa shape index (κ3) is 4.22. The Kier molecular flexibility index (Phi) is 6.56. The highest BCUT2D eigenvalue weighted by Gasteiger charge is 2.46. The number of ether oxygens (including phenoxy) is 1. The van der Waals surface area contributed by atoms with Crippen molar-refractivity contribution < 1.29 is 24.5 Å². The van der Waals surface area contributed by atoms with E-state index in [-0.39, 0.29) is 22.8 Å². The number of aliphatic hydroxyl groups excluding tert-OH is 1. The smallest absolute Gasteiger partial charge is 0.295 e. The second kappa shape index (κ2) is 9.57. The van der Waals surface area contributed by atoms with E-state index < -0.39 is 17.7 Å². The number of hydrogen-bond donors (Lipinski definition) is 2. The van der Waals surface area contributed by atoms with Gasteiger partial charge in [-0.1, -0.05) is 48.5 Å². The summed E-state index contributed by atoms with van der Waals surface area (Å²) >= 11 is 0. The standard InChI is InChI=1S/C27H28N2O5/c1-28(2)14-7-15-29-24(18-12-13-22(34-3)21(30)16-18)23(26(32)27(29)33)25(31)20-11-6-9-17-8-4-5-10-19(17)20/h4-6,8-13,16,24,30-31H,7,14-15H2,1-3H3/b25-23-. The fraction of sp³-hybridized carbons (Fsp3) is 0.259. The van der Waals surface area contributed by atoms with Crippen LogP contribution in [0.25, 0.3) is 16.5 Å². The maximum absolute atomic E-state index is 13.2. The molecule has 1 saturated heterocycles. The SMILES string of the molecule is COc1ccc(C2/C(=C(/O)c3cccc4ccccc34)C(=O)C(=O)N2CCCN(C)C)cc1O. The topological polar surface area (TPSA) is 90.3 Å². The van der Waals surface area contributed by atoms with E-state index in [0.717, 1.165) is 17.3 Å². The third-order valence-corrected chi connectivity index (χ3v) is 6.11. The van der Waals surface area contributed by atoms with Crippen LogP contribution in [0, 0.1) is 0 Å². The number of likely N-dealkylation sites (tertiary alicyclic amines) is 1. The average Bonchev–Trinajstić information content (AvgIpc) is 3.08. The van der Waals surface area contributed by atoms with Crippen molar-refractivity contribution in [2.45, 2.75) is 12.5 Å². The van der Waals surface area contributed by atoms with Gasteiger partial charge in [0.25, 0.3) is 11.7 Å². The normalized spacial score (nSPS) is 17.6. The molecule has 0 spiro atoms. The zero-order chi connectivity index (χ0) is 24.4. The molecule has 1 fully saturated rings. The van der Waals surface area contributed by atoms with E-state index in [9.17, 15) is 19.8 Å². The number of aromatic hydroxyl groups is 1. The third-order valence-electron chi connectivity index (χ3n) is 6.11. The van der Waals surface area contributed by atoms with Crippen molar-refractivity contribution in [3.8, 4) is 11.5 Å². The van der Waals surface area contributed by atoms with Gasteiger partial charge in [-0.2, -0.15) is 0 Å². The molecule has 176 valence electrons. The fourth-order valence-corrected chi connectivity index (χ4v) is 4.47. The predicted molar refractivity (Wildman–Crippen MR) is 131 cm³/mol. The lowest BCUT2D eigenvalue weighted by molar-refractivity contribution is -0.139. The number of amides is 1. The number of benzene rings is 3. The van der Waals surface area contributed by atoms with Crippen molar-refractivity contribution in [2.24, 2.45) is 0 Å². The summed E-state index contributed by atoms with van der Waals surface area (Å²) in [5.41, 5.74) is 1.01. The largest absolute Gasteiger partial charge is 0.507 e. The van der Waals surface area contributed by atoms with Crippen LogP contribution in [0.4, 0.5) is 0 Å². The van der Waals surface area contributed by atoms with E-state index in [2.05, 4.69) is 0 Å². The molecule has 4 rings (SSSR count). The summed E-state index contributed by atoms with van der Waals surface area (Å²) in [5.74, 6) is -1.46. The maximum atomic E-state index is 13.2. The molecule has 0 aliphatic carbocycles. The highest BCUT2D eigenvalue weighted by atomic mass is 16.5. The molecule has 34 heavy (non-hydrogen) atoms. The Morgan fingerprint density at radius 3 is 2.50 bits per heavy atom. The van der Waals surface area contributed by atoms with Gasteiger partial charge in [-0.3, -0.25) is 9.59 Å². The molecule has 1 aliphatic rings. The highest BCUT2D eigenvalue weighted by Crippen LogP contribution is 2.42. The molecule has 0 aromatic heterocycles. The molecule has 3 aromatic rings. The van der Waals surface area contributed by atoms with Crippen LogP contribution < -0.4 is 4.74 Å². The van der Waals surface area contributed by atoms with Crippen molar-refractivity contribution in [1.29, 1.82) is 0 Å². The summed E-state index contributed by atoms with van der Waals surface area (Å²) in [6, 6.07) is 16.9. The summed E-state index contributed by atoms with van der Waals surface area (Å²) in [7, 11) is 5.32. The minimum atomic E-state index is -0.835. The van der Waals surface area contributed by atoms with E-state index in [1.165, 1.54) is 18.1 Å². The number of phenols is 1. The summed E-state index contributed by atoms with van der Waals surface area (Å²) in [6.45, 7) is 1.05. The molecule has 7 heteroatoms. The number of Topliss-reactive ketones (excluding diaryl/α,β-unsaturated/α-hetero) is 1. The van der Waals surface area contributed by atoms with Crippen molar-refractivity contribution in [3.05, 3.63) is 77.4 Å². The first-order valence-corrected chi connectivity index (χ1v) is 11.1. The Labute approximate surface area is 198 Å². The van der Waals surface area contributed by atoms with Gasteiger partial charge < -0.3 is 24.7 Å². The Balaban J connectivity index is 1.88. The molecular weight excluding hydrogens is 432 g/mol. The van der Waals surface area contributed by atoms with Crippen LogP contribution in [0.2, 0.25) is 0 Å². The lowest BCUT2D eigenvalue weighted by atomic mass is 9.93. The number of aliphatic hydroxyl groups is 1. The first kappa shape index (κ1) is 23.3. The Morgan fingerprint density at radius 2 is 1.79 bits per heavy atom. The van der Waals surface area contributed by atoms with Crippen LogP contribution >= 0.6 is 0 Å². The van der Waals surface area contributed by atoms with Crippen LogP contribution in [0.3, 0.4) is 0 Å². The second-order valence-electron chi connectivity index (χ2n) is 8.61. The van der Waals surface area contributed by atoms with Crippen molar-refractivity contribution in [1.82, 2.24) is 9.80 Å². The lowest BCUT2D eigenvalue weighted by Gasteiger charge is -2.26. The van der Waals surface area contributed by atoms with Crippen molar-refractivity contribution in [2.75, 3.05) is 34.3 Å². The molecule has 1 unspecified atom stereocenters. The van der Waals surface area contributed by atoms with Crippen LogP contribution in [-0.4, -0.2) is 66.0 Å². The molecule has 0 bridgehead atoms. The molecule has 7 nitrogen and oxygen atoms in total. The summed E-state index contributed by atoms with van der Waals surface area (Å²) in [4.78, 5) is 29.8. The van der Waals surface area contributed by atoms with Crippen LogP contribution in [0.15, 0.2) is 66.2 Å². The molecular formula is C27H28N2O5. The maximum Gasteiger partial charge on any atom is 0.295 e. The zero-order valence-corrected chi connectivity index (χ0v) is 19.5. The van der Waals surface area contributed by atoms with Crippen molar-refractivity contribution >= 4 is 28.2 Å². The predicted octanol–water partition coefficient (Wildman–Crippen LogP) is 3.93. The summed E-state index contributed by atoms with van der Waals surface area (Å²) in [5, 5.41) is 23.5. The van der Waals surface area contributed by atoms with Crippen LogP contribution in [-0.2, 0) is 9.59 Å². The first-order valence-electron chi connectivity index (χ1n) is 11.1. The van der Waals surface area contributed by atoms with Gasteiger partial charge in [-0.25, -0.2) is 0 Å². The van der Waals surface area contributed by atoms with Gasteiger partial charge in [0.05, 0.1) is 18.7 Å². The van der Waals surface area contributed by atoms with Gasteiger partial charge in [0.1, 0.15) is 5.76 Å². The number of nitrogens with zero attached hydrogens (tertiary/aromatic N) is 2. The van der Waals surface area contributed by atoms with Gasteiger partial charge in [0.15, 0.2) is 11.5 Å². The van der Waals surface area contributed by atoms with Gasteiger partial charge in [-0.05, 0) is 55.5 Å². The van der Waals surface area contributed by atoms with Crippen molar-refractivity contribution in [3.63, 3.8) is 0 Å². The average molecular weight is 461 g/mol. The number of rotatable bonds is 7. The molecule has 1 atom stereocenters.